The van der Waals surface area contributed by atoms with Gasteiger partial charge in [-0.3, -0.25) is 9.48 Å². The number of aromatic nitrogens is 2. The van der Waals surface area contributed by atoms with Crippen molar-refractivity contribution < 1.29 is 4.79 Å². The molecule has 0 N–H and O–H groups in total. The van der Waals surface area contributed by atoms with E-state index in [0.717, 1.165) is 0 Å². The molecule has 0 bridgehead atoms. The molecule has 1 aromatic heterocycles. The summed E-state index contributed by atoms with van der Waals surface area (Å²) in [5, 5.41) is 4.03. The van der Waals surface area contributed by atoms with Crippen molar-refractivity contribution in [3.8, 4) is 0 Å². The Kier molecular flexibility index (Phi) is 2.63. The Hall–Kier alpha value is -1.12. The van der Waals surface area contributed by atoms with Crippen molar-refractivity contribution in [3.05, 3.63) is 18.0 Å². The van der Waals surface area contributed by atoms with E-state index >= 15 is 0 Å². The highest BCUT2D eigenvalue weighted by Crippen LogP contribution is 2.06. The van der Waals surface area contributed by atoms with E-state index in [2.05, 4.69) is 5.10 Å². The van der Waals surface area contributed by atoms with Crippen LogP contribution in [-0.2, 0) is 7.05 Å². The molecule has 66 valence electrons. The van der Waals surface area contributed by atoms with Crippen molar-refractivity contribution in [2.24, 2.45) is 13.0 Å². The van der Waals surface area contributed by atoms with E-state index in [1.807, 2.05) is 20.9 Å². The van der Waals surface area contributed by atoms with Gasteiger partial charge in [-0.05, 0) is 12.0 Å². The Bertz CT molecular complexity index is 276. The van der Waals surface area contributed by atoms with E-state index in [4.69, 9.17) is 0 Å². The van der Waals surface area contributed by atoms with Crippen molar-refractivity contribution in [3.63, 3.8) is 0 Å². The van der Waals surface area contributed by atoms with Crippen molar-refractivity contribution >= 4 is 5.78 Å². The number of carbonyl (C=O) groups is 1. The number of aryl methyl sites for hydroxylation is 1. The first-order valence-electron chi connectivity index (χ1n) is 4.12. The van der Waals surface area contributed by atoms with Gasteiger partial charge in [0.05, 0.1) is 0 Å². The second-order valence-electron chi connectivity index (χ2n) is 3.40. The lowest BCUT2D eigenvalue weighted by molar-refractivity contribution is 0.0962. The van der Waals surface area contributed by atoms with Crippen molar-refractivity contribution in [2.75, 3.05) is 0 Å². The first-order chi connectivity index (χ1) is 5.59. The van der Waals surface area contributed by atoms with Gasteiger partial charge in [0.1, 0.15) is 5.69 Å². The lowest BCUT2D eigenvalue weighted by atomic mass is 10.1. The Morgan fingerprint density at radius 3 is 2.75 bits per heavy atom. The highest BCUT2D eigenvalue weighted by atomic mass is 16.1. The summed E-state index contributed by atoms with van der Waals surface area (Å²) in [5.74, 6) is 0.533. The van der Waals surface area contributed by atoms with Crippen LogP contribution in [0.2, 0.25) is 0 Å². The van der Waals surface area contributed by atoms with Gasteiger partial charge in [-0.2, -0.15) is 5.10 Å². The van der Waals surface area contributed by atoms with Crippen LogP contribution in [0, 0.1) is 5.92 Å². The first-order valence-corrected chi connectivity index (χ1v) is 4.12. The Labute approximate surface area is 72.4 Å². The van der Waals surface area contributed by atoms with Gasteiger partial charge in [-0.15, -0.1) is 0 Å². The van der Waals surface area contributed by atoms with E-state index in [1.54, 1.807) is 16.9 Å². The number of nitrogens with zero attached hydrogens (tertiary/aromatic N) is 2. The molecule has 1 rings (SSSR count). The zero-order valence-corrected chi connectivity index (χ0v) is 7.74. The van der Waals surface area contributed by atoms with Crippen LogP contribution >= 0.6 is 0 Å². The number of Topliss-reactive ketones (excluding diaryl/α,β-unsaturated/α-hetero) is 1. The Balaban J connectivity index is 2.65. The van der Waals surface area contributed by atoms with Crippen LogP contribution in [0.15, 0.2) is 12.3 Å². The van der Waals surface area contributed by atoms with Crippen molar-refractivity contribution in [2.45, 2.75) is 20.3 Å². The molecule has 0 fully saturated rings. The molecule has 0 saturated heterocycles. The van der Waals surface area contributed by atoms with E-state index < -0.39 is 0 Å². The van der Waals surface area contributed by atoms with Crippen molar-refractivity contribution in [1.29, 1.82) is 0 Å². The van der Waals surface area contributed by atoms with Crippen LogP contribution in [0.3, 0.4) is 0 Å². The minimum absolute atomic E-state index is 0.130. The van der Waals surface area contributed by atoms with Gasteiger partial charge in [0, 0.05) is 19.7 Å². The fourth-order valence-corrected chi connectivity index (χ4v) is 1.04. The Morgan fingerprint density at radius 2 is 2.33 bits per heavy atom. The molecule has 0 saturated carbocycles. The number of hydrogen-bond donors (Lipinski definition) is 0. The average molecular weight is 166 g/mol. The van der Waals surface area contributed by atoms with Crippen LogP contribution in [0.5, 0.6) is 0 Å². The molecule has 1 heterocycles. The maximum absolute atomic E-state index is 11.4. The molecule has 12 heavy (non-hydrogen) atoms. The zero-order chi connectivity index (χ0) is 9.14. The topological polar surface area (TPSA) is 34.9 Å². The van der Waals surface area contributed by atoms with Crippen LogP contribution < -0.4 is 0 Å². The molecule has 0 aliphatic carbocycles. The molecule has 0 aliphatic rings. The zero-order valence-electron chi connectivity index (χ0n) is 7.74. The maximum atomic E-state index is 11.4. The molecule has 0 radical (unpaired) electrons. The Morgan fingerprint density at radius 1 is 1.67 bits per heavy atom. The molecule has 0 aromatic carbocycles. The molecule has 0 atom stereocenters. The van der Waals surface area contributed by atoms with Crippen LogP contribution in [0.1, 0.15) is 30.8 Å². The molecular weight excluding hydrogens is 152 g/mol. The van der Waals surface area contributed by atoms with Gasteiger partial charge in [-0.1, -0.05) is 13.8 Å². The smallest absolute Gasteiger partial charge is 0.183 e. The minimum Gasteiger partial charge on any atom is -0.292 e. The van der Waals surface area contributed by atoms with Gasteiger partial charge >= 0.3 is 0 Å². The molecule has 3 heteroatoms. The lowest BCUT2D eigenvalue weighted by Gasteiger charge is -1.99. The van der Waals surface area contributed by atoms with E-state index in [9.17, 15) is 4.79 Å². The molecule has 0 amide bonds. The predicted octanol–water partition coefficient (Wildman–Crippen LogP) is 1.65. The summed E-state index contributed by atoms with van der Waals surface area (Å²) in [5.41, 5.74) is 0.575. The second-order valence-corrected chi connectivity index (χ2v) is 3.40. The average Bonchev–Trinajstić information content (AvgIpc) is 2.34. The lowest BCUT2D eigenvalue weighted by Crippen LogP contribution is -2.04. The summed E-state index contributed by atoms with van der Waals surface area (Å²) >= 11 is 0. The number of carbonyl (C=O) groups excluding carboxylic acids is 1. The third-order valence-corrected chi connectivity index (χ3v) is 1.59. The summed E-state index contributed by atoms with van der Waals surface area (Å²) in [6.07, 6.45) is 2.37. The molecule has 3 nitrogen and oxygen atoms in total. The van der Waals surface area contributed by atoms with Gasteiger partial charge < -0.3 is 0 Å². The summed E-state index contributed by atoms with van der Waals surface area (Å²) in [6.45, 7) is 4.06. The van der Waals surface area contributed by atoms with Gasteiger partial charge in [0.25, 0.3) is 0 Å². The fourth-order valence-electron chi connectivity index (χ4n) is 1.04. The van der Waals surface area contributed by atoms with Gasteiger partial charge in [-0.25, -0.2) is 0 Å². The standard InChI is InChI=1S/C9H14N2O/c1-7(2)6-9(12)8-4-5-11(3)10-8/h4-5,7H,6H2,1-3H3. The normalized spacial score (nSPS) is 10.7. The van der Waals surface area contributed by atoms with Crippen LogP contribution in [-0.4, -0.2) is 15.6 Å². The number of ketones is 1. The molecule has 0 aliphatic heterocycles. The largest absolute Gasteiger partial charge is 0.292 e. The second kappa shape index (κ2) is 3.52. The first kappa shape index (κ1) is 8.97. The van der Waals surface area contributed by atoms with Crippen LogP contribution in [0.25, 0.3) is 0 Å². The molecule has 0 spiro atoms. The van der Waals surface area contributed by atoms with Crippen LogP contribution in [0.4, 0.5) is 0 Å². The van der Waals surface area contributed by atoms with Crippen molar-refractivity contribution in [1.82, 2.24) is 9.78 Å². The highest BCUT2D eigenvalue weighted by Gasteiger charge is 2.09. The summed E-state index contributed by atoms with van der Waals surface area (Å²) in [4.78, 5) is 11.4. The van der Waals surface area contributed by atoms with Gasteiger partial charge in [0.15, 0.2) is 5.78 Å². The quantitative estimate of drug-likeness (QED) is 0.640. The SMILES string of the molecule is CC(C)CC(=O)c1ccn(C)n1. The fraction of sp³-hybridized carbons (Fsp3) is 0.556. The summed E-state index contributed by atoms with van der Waals surface area (Å²) in [7, 11) is 1.81. The van der Waals surface area contributed by atoms with E-state index in [-0.39, 0.29) is 5.78 Å². The minimum atomic E-state index is 0.130. The number of hydrogen-bond acceptors (Lipinski definition) is 2. The molecular formula is C9H14N2O. The summed E-state index contributed by atoms with van der Waals surface area (Å²) < 4.78 is 1.65. The number of rotatable bonds is 3. The highest BCUT2D eigenvalue weighted by molar-refractivity contribution is 5.94. The van der Waals surface area contributed by atoms with E-state index in [0.29, 0.717) is 18.0 Å². The third-order valence-electron chi connectivity index (χ3n) is 1.59. The predicted molar refractivity (Wildman–Crippen MR) is 47.0 cm³/mol. The summed E-state index contributed by atoms with van der Waals surface area (Å²) in [6, 6.07) is 1.75. The van der Waals surface area contributed by atoms with E-state index in [1.165, 1.54) is 0 Å². The maximum Gasteiger partial charge on any atom is 0.183 e. The molecule has 1 aromatic rings. The monoisotopic (exact) mass is 166 g/mol. The molecule has 0 unspecified atom stereocenters. The third kappa shape index (κ3) is 2.19. The van der Waals surface area contributed by atoms with Gasteiger partial charge in [0.2, 0.25) is 0 Å².